The molecule has 0 radical (unpaired) electrons. The molecule has 0 aliphatic carbocycles. The Morgan fingerprint density at radius 3 is 1.74 bits per heavy atom. The van der Waals surface area contributed by atoms with Crippen molar-refractivity contribution >= 4 is 5.69 Å². The molecule has 0 aliphatic rings. The monoisotopic (exact) mass is 326 g/mol. The van der Waals surface area contributed by atoms with Crippen molar-refractivity contribution in [1.29, 1.82) is 0 Å². The minimum atomic E-state index is 0. The number of unbranched alkanes of at least 4 members (excludes halogenated alkanes) is 3. The number of nitrogen functional groups attached to an aromatic ring is 1. The Hall–Kier alpha value is -1.14. The predicted molar refractivity (Wildman–Crippen MR) is 102 cm³/mol. The fourth-order valence-corrected chi connectivity index (χ4v) is 2.78. The van der Waals surface area contributed by atoms with E-state index in [4.69, 9.17) is 5.84 Å². The van der Waals surface area contributed by atoms with Crippen LogP contribution in [0.1, 0.15) is 76.0 Å². The Labute approximate surface area is 142 Å². The van der Waals surface area contributed by atoms with Gasteiger partial charge in [-0.1, -0.05) is 46.1 Å². The van der Waals surface area contributed by atoms with E-state index in [0.29, 0.717) is 0 Å². The van der Waals surface area contributed by atoms with Crippen molar-refractivity contribution < 1.29 is 5.48 Å². The minimum Gasteiger partial charge on any atom is -0.412 e. The van der Waals surface area contributed by atoms with Crippen molar-refractivity contribution in [2.45, 2.75) is 78.6 Å². The van der Waals surface area contributed by atoms with Crippen LogP contribution in [0.2, 0.25) is 0 Å². The van der Waals surface area contributed by atoms with Gasteiger partial charge in [-0.15, -0.1) is 0 Å². The molecule has 0 bridgehead atoms. The van der Waals surface area contributed by atoms with Gasteiger partial charge in [0.2, 0.25) is 0 Å². The predicted octanol–water partition coefficient (Wildman–Crippen LogP) is 2.99. The summed E-state index contributed by atoms with van der Waals surface area (Å²) in [7, 11) is 0. The summed E-state index contributed by atoms with van der Waals surface area (Å²) < 4.78 is 0. The van der Waals surface area contributed by atoms with E-state index in [1.165, 1.54) is 56.9 Å². The van der Waals surface area contributed by atoms with E-state index in [-0.39, 0.29) is 5.48 Å². The van der Waals surface area contributed by atoms with Crippen LogP contribution in [0.3, 0.4) is 0 Å². The molecule has 0 aliphatic heterocycles. The van der Waals surface area contributed by atoms with Crippen molar-refractivity contribution in [1.82, 2.24) is 0 Å². The molecular weight excluding hydrogens is 288 g/mol. The molecule has 23 heavy (non-hydrogen) atoms. The van der Waals surface area contributed by atoms with E-state index in [1.807, 2.05) is 0 Å². The first-order valence-corrected chi connectivity index (χ1v) is 8.71. The molecule has 1 rings (SSSR count). The molecule has 0 heterocycles. The van der Waals surface area contributed by atoms with E-state index < -0.39 is 0 Å². The van der Waals surface area contributed by atoms with Crippen LogP contribution in [0.5, 0.6) is 0 Å². The van der Waals surface area contributed by atoms with Crippen LogP contribution in [-0.2, 0) is 19.3 Å². The maximum Gasteiger partial charge on any atom is 0.0520 e. The quantitative estimate of drug-likeness (QED) is 0.390. The maximum absolute atomic E-state index is 5.72. The molecule has 5 nitrogen and oxygen atoms in total. The topological polar surface area (TPSA) is 122 Å². The lowest BCUT2D eigenvalue weighted by atomic mass is 9.90. The number of benzene rings is 1. The second-order valence-electron chi connectivity index (χ2n) is 5.68. The van der Waals surface area contributed by atoms with Crippen LogP contribution in [0.4, 0.5) is 5.69 Å². The van der Waals surface area contributed by atoms with E-state index in [2.05, 4.69) is 50.0 Å². The smallest absolute Gasteiger partial charge is 0.0520 e. The molecular formula is C18H38N4O. The Bertz CT molecular complexity index is 397. The van der Waals surface area contributed by atoms with Crippen LogP contribution >= 0.6 is 0 Å². The Kier molecular flexibility index (Phi) is 16.5. The number of anilines is 1. The number of hydrazine groups is 2. The molecule has 9 N–H and O–H groups in total. The van der Waals surface area contributed by atoms with Gasteiger partial charge in [-0.3, -0.25) is 17.5 Å². The molecule has 0 atom stereocenters. The van der Waals surface area contributed by atoms with Gasteiger partial charge in [-0.2, -0.15) is 0 Å². The fraction of sp³-hybridized carbons (Fsp3) is 0.667. The first-order valence-electron chi connectivity index (χ1n) is 8.71. The zero-order valence-corrected chi connectivity index (χ0v) is 15.3. The third-order valence-corrected chi connectivity index (χ3v) is 4.04. The summed E-state index contributed by atoms with van der Waals surface area (Å²) >= 11 is 0. The SMILES string of the molecule is CCCCc1ccc(NN)c(CCCC)c1CCCC.NN.O. The molecule has 0 saturated heterocycles. The summed E-state index contributed by atoms with van der Waals surface area (Å²) in [6, 6.07) is 4.46. The van der Waals surface area contributed by atoms with Gasteiger partial charge in [0.1, 0.15) is 0 Å². The van der Waals surface area contributed by atoms with Gasteiger partial charge in [0.15, 0.2) is 0 Å². The second kappa shape index (κ2) is 15.7. The van der Waals surface area contributed by atoms with Crippen molar-refractivity contribution in [2.24, 2.45) is 17.5 Å². The first kappa shape index (κ1) is 24.1. The van der Waals surface area contributed by atoms with Crippen LogP contribution in [0.25, 0.3) is 0 Å². The van der Waals surface area contributed by atoms with Crippen molar-refractivity contribution in [3.63, 3.8) is 0 Å². The summed E-state index contributed by atoms with van der Waals surface area (Å²) in [6.45, 7) is 6.78. The van der Waals surface area contributed by atoms with Gasteiger partial charge >= 0.3 is 0 Å². The minimum absolute atomic E-state index is 0. The number of nitrogens with two attached hydrogens (primary N) is 3. The van der Waals surface area contributed by atoms with E-state index >= 15 is 0 Å². The lowest BCUT2D eigenvalue weighted by Crippen LogP contribution is -2.12. The zero-order valence-electron chi connectivity index (χ0n) is 15.3. The third-order valence-electron chi connectivity index (χ3n) is 4.04. The molecule has 5 heteroatoms. The van der Waals surface area contributed by atoms with E-state index in [1.54, 1.807) is 11.1 Å². The first-order chi connectivity index (χ1) is 10.8. The second-order valence-corrected chi connectivity index (χ2v) is 5.68. The Morgan fingerprint density at radius 1 is 0.783 bits per heavy atom. The summed E-state index contributed by atoms with van der Waals surface area (Å²) in [4.78, 5) is 0. The Balaban J connectivity index is 0. The Morgan fingerprint density at radius 2 is 1.26 bits per heavy atom. The normalized spacial score (nSPS) is 9.65. The van der Waals surface area contributed by atoms with Crippen LogP contribution in [0.15, 0.2) is 12.1 Å². The van der Waals surface area contributed by atoms with Crippen molar-refractivity contribution in [2.75, 3.05) is 5.43 Å². The lowest BCUT2D eigenvalue weighted by Gasteiger charge is -2.19. The summed E-state index contributed by atoms with van der Waals surface area (Å²) in [5.74, 6) is 13.7. The molecule has 136 valence electrons. The number of rotatable bonds is 10. The highest BCUT2D eigenvalue weighted by molar-refractivity contribution is 5.57. The zero-order chi connectivity index (χ0) is 16.8. The van der Waals surface area contributed by atoms with Crippen molar-refractivity contribution in [3.05, 3.63) is 28.8 Å². The number of hydrogen-bond acceptors (Lipinski definition) is 4. The fourth-order valence-electron chi connectivity index (χ4n) is 2.78. The van der Waals surface area contributed by atoms with Gasteiger partial charge in [0.05, 0.1) is 5.69 Å². The van der Waals surface area contributed by atoms with Crippen molar-refractivity contribution in [3.8, 4) is 0 Å². The number of aryl methyl sites for hydroxylation is 1. The standard InChI is InChI=1S/C18H32N2.H4N2.H2O/c1-4-7-10-15-13-14-18(20-19)17(12-9-6-3)16(15)11-8-5-2;1-2;/h13-14,20H,4-12,19H2,1-3H3;1-2H2;1H2. The maximum atomic E-state index is 5.72. The summed E-state index contributed by atoms with van der Waals surface area (Å²) in [5.41, 5.74) is 8.62. The van der Waals surface area contributed by atoms with E-state index in [0.717, 1.165) is 12.1 Å². The molecule has 1 aromatic carbocycles. The van der Waals surface area contributed by atoms with Gasteiger partial charge in [-0.25, -0.2) is 0 Å². The molecule has 0 unspecified atom stereocenters. The highest BCUT2D eigenvalue weighted by Gasteiger charge is 2.12. The third kappa shape index (κ3) is 8.32. The number of hydrogen-bond donors (Lipinski definition) is 4. The van der Waals surface area contributed by atoms with E-state index in [9.17, 15) is 0 Å². The van der Waals surface area contributed by atoms with Gasteiger partial charge in [0, 0.05) is 0 Å². The average Bonchev–Trinajstić information content (AvgIpc) is 2.58. The number of nitrogens with one attached hydrogen (secondary N) is 1. The lowest BCUT2D eigenvalue weighted by molar-refractivity contribution is 0.735. The molecule has 0 spiro atoms. The van der Waals surface area contributed by atoms with Gasteiger partial charge in [0.25, 0.3) is 0 Å². The highest BCUT2D eigenvalue weighted by Crippen LogP contribution is 2.28. The van der Waals surface area contributed by atoms with Crippen LogP contribution in [-0.4, -0.2) is 5.48 Å². The molecule has 0 saturated carbocycles. The molecule has 0 aromatic heterocycles. The summed E-state index contributed by atoms with van der Waals surface area (Å²) in [5, 5.41) is 0. The largest absolute Gasteiger partial charge is 0.412 e. The van der Waals surface area contributed by atoms with Crippen LogP contribution in [0, 0.1) is 0 Å². The van der Waals surface area contributed by atoms with Crippen LogP contribution < -0.4 is 23.0 Å². The summed E-state index contributed by atoms with van der Waals surface area (Å²) in [6.07, 6.45) is 11.1. The molecule has 1 aromatic rings. The van der Waals surface area contributed by atoms with Gasteiger partial charge < -0.3 is 10.9 Å². The molecule has 0 amide bonds. The highest BCUT2D eigenvalue weighted by atomic mass is 16.0. The average molecular weight is 327 g/mol. The van der Waals surface area contributed by atoms with Gasteiger partial charge in [-0.05, 0) is 61.3 Å². The molecule has 0 fully saturated rings.